The second-order valence-corrected chi connectivity index (χ2v) is 6.91. The van der Waals surface area contributed by atoms with Gasteiger partial charge in [-0.2, -0.15) is 5.26 Å². The first-order valence-electron chi connectivity index (χ1n) is 8.94. The molecule has 3 aromatic rings. The number of aryl methyl sites for hydroxylation is 1. The zero-order valence-electron chi connectivity index (χ0n) is 16.0. The van der Waals surface area contributed by atoms with E-state index >= 15 is 0 Å². The number of para-hydroxylation sites is 1. The molecule has 0 saturated carbocycles. The molecule has 7 heteroatoms. The van der Waals surface area contributed by atoms with Crippen LogP contribution in [0, 0.1) is 11.3 Å². The smallest absolute Gasteiger partial charge is 0.272 e. The van der Waals surface area contributed by atoms with Crippen molar-refractivity contribution < 1.29 is 9.59 Å². The number of nitrogens with one attached hydrogen (secondary N) is 2. The maximum atomic E-state index is 12.8. The van der Waals surface area contributed by atoms with Gasteiger partial charge >= 0.3 is 0 Å². The Balaban J connectivity index is 1.84. The fourth-order valence-electron chi connectivity index (χ4n) is 2.94. The summed E-state index contributed by atoms with van der Waals surface area (Å²) in [4.78, 5) is 29.2. The highest BCUT2D eigenvalue weighted by atomic mass is 16.2. The highest BCUT2D eigenvalue weighted by Crippen LogP contribution is 2.21. The second-order valence-electron chi connectivity index (χ2n) is 6.91. The number of anilines is 1. The average Bonchev–Trinajstić information content (AvgIpc) is 3.06. The summed E-state index contributed by atoms with van der Waals surface area (Å²) in [5.74, 6) is -0.752. The van der Waals surface area contributed by atoms with Crippen molar-refractivity contribution in [3.63, 3.8) is 0 Å². The molecule has 0 radical (unpaired) electrons. The van der Waals surface area contributed by atoms with E-state index in [0.717, 1.165) is 10.9 Å². The average molecular weight is 375 g/mol. The van der Waals surface area contributed by atoms with Crippen molar-refractivity contribution in [1.29, 1.82) is 5.26 Å². The van der Waals surface area contributed by atoms with Crippen molar-refractivity contribution in [2.24, 2.45) is 0 Å². The third kappa shape index (κ3) is 3.86. The fourth-order valence-corrected chi connectivity index (χ4v) is 2.94. The van der Waals surface area contributed by atoms with Crippen molar-refractivity contribution in [2.75, 3.05) is 5.32 Å². The van der Waals surface area contributed by atoms with Gasteiger partial charge in [0.25, 0.3) is 11.8 Å². The molecule has 3 rings (SSSR count). The number of pyridine rings is 1. The van der Waals surface area contributed by atoms with Gasteiger partial charge in [-0.15, -0.1) is 0 Å². The van der Waals surface area contributed by atoms with Gasteiger partial charge in [-0.3, -0.25) is 14.6 Å². The number of fused-ring (bicyclic) bond motifs is 1. The Kier molecular flexibility index (Phi) is 5.14. The zero-order chi connectivity index (χ0) is 20.3. The first-order chi connectivity index (χ1) is 13.3. The number of aromatic nitrogens is 2. The van der Waals surface area contributed by atoms with Crippen LogP contribution in [0.15, 0.2) is 48.7 Å². The van der Waals surface area contributed by atoms with Crippen LogP contribution in [0.1, 0.15) is 41.7 Å². The Morgan fingerprint density at radius 2 is 1.93 bits per heavy atom. The summed E-state index contributed by atoms with van der Waals surface area (Å²) >= 11 is 0. The lowest BCUT2D eigenvalue weighted by Gasteiger charge is -2.17. The van der Waals surface area contributed by atoms with Crippen LogP contribution < -0.4 is 10.6 Å². The van der Waals surface area contributed by atoms with Crippen molar-refractivity contribution in [2.45, 2.75) is 32.9 Å². The third-order valence-electron chi connectivity index (χ3n) is 4.32. The van der Waals surface area contributed by atoms with Gasteiger partial charge in [-0.25, -0.2) is 0 Å². The second kappa shape index (κ2) is 7.53. The quantitative estimate of drug-likeness (QED) is 0.714. The molecule has 2 N–H and O–H groups in total. The van der Waals surface area contributed by atoms with Gasteiger partial charge in [0.15, 0.2) is 0 Å². The largest absolute Gasteiger partial charge is 0.337 e. The van der Waals surface area contributed by atoms with Gasteiger partial charge < -0.3 is 15.2 Å². The normalized spacial score (nSPS) is 11.1. The molecule has 0 atom stereocenters. The lowest BCUT2D eigenvalue weighted by atomic mass is 10.1. The van der Waals surface area contributed by atoms with Gasteiger partial charge in [0, 0.05) is 29.3 Å². The molecular weight excluding hydrogens is 354 g/mol. The Morgan fingerprint density at radius 3 is 2.64 bits per heavy atom. The van der Waals surface area contributed by atoms with E-state index in [1.807, 2.05) is 47.9 Å². The first kappa shape index (κ1) is 19.1. The van der Waals surface area contributed by atoms with E-state index < -0.39 is 11.4 Å². The number of hydrogen-bond donors (Lipinski definition) is 2. The summed E-state index contributed by atoms with van der Waals surface area (Å²) in [7, 11) is 0. The summed E-state index contributed by atoms with van der Waals surface area (Å²) in [5.41, 5.74) is 1.09. The van der Waals surface area contributed by atoms with E-state index in [2.05, 4.69) is 15.6 Å². The van der Waals surface area contributed by atoms with Crippen molar-refractivity contribution in [3.8, 4) is 6.07 Å². The number of carbonyl (C=O) groups excluding carboxylic acids is 2. The molecular formula is C21H21N5O2. The number of nitriles is 1. The molecule has 2 aromatic heterocycles. The Morgan fingerprint density at radius 1 is 1.18 bits per heavy atom. The minimum atomic E-state index is -1.01. The SMILES string of the molecule is CCn1c(C(=O)Nc2ccnc(C(=O)NC(C)(C)C#N)c2)cc2ccccc21. The van der Waals surface area contributed by atoms with E-state index in [1.165, 1.54) is 12.3 Å². The Labute approximate surface area is 163 Å². The minimum Gasteiger partial charge on any atom is -0.337 e. The summed E-state index contributed by atoms with van der Waals surface area (Å²) in [5, 5.41) is 15.5. The summed E-state index contributed by atoms with van der Waals surface area (Å²) < 4.78 is 1.94. The van der Waals surface area contributed by atoms with Gasteiger partial charge in [0.05, 0.1) is 6.07 Å². The molecule has 0 bridgehead atoms. The number of carbonyl (C=O) groups is 2. The Hall–Kier alpha value is -3.66. The molecule has 28 heavy (non-hydrogen) atoms. The van der Waals surface area contributed by atoms with Gasteiger partial charge in [0.2, 0.25) is 0 Å². The van der Waals surface area contributed by atoms with Crippen molar-refractivity contribution in [1.82, 2.24) is 14.9 Å². The lowest BCUT2D eigenvalue weighted by Crippen LogP contribution is -2.42. The number of hydrogen-bond acceptors (Lipinski definition) is 4. The molecule has 142 valence electrons. The number of amides is 2. The molecule has 0 aliphatic heterocycles. The fraction of sp³-hybridized carbons (Fsp3) is 0.238. The summed E-state index contributed by atoms with van der Waals surface area (Å²) in [6, 6.07) is 14.8. The van der Waals surface area contributed by atoms with Crippen LogP contribution in [0.2, 0.25) is 0 Å². The van der Waals surface area contributed by atoms with E-state index in [4.69, 9.17) is 5.26 Å². The zero-order valence-corrected chi connectivity index (χ0v) is 16.0. The van der Waals surface area contributed by atoms with Crippen LogP contribution in [0.4, 0.5) is 5.69 Å². The van der Waals surface area contributed by atoms with E-state index in [9.17, 15) is 9.59 Å². The monoisotopic (exact) mass is 375 g/mol. The maximum Gasteiger partial charge on any atom is 0.272 e. The Bertz CT molecular complexity index is 1090. The van der Waals surface area contributed by atoms with Crippen LogP contribution in [-0.4, -0.2) is 26.9 Å². The van der Waals surface area contributed by atoms with E-state index in [1.54, 1.807) is 19.9 Å². The number of nitrogens with zero attached hydrogens (tertiary/aromatic N) is 3. The molecule has 0 aliphatic rings. The molecule has 0 saturated heterocycles. The highest BCUT2D eigenvalue weighted by Gasteiger charge is 2.21. The van der Waals surface area contributed by atoms with E-state index in [0.29, 0.717) is 17.9 Å². The first-order valence-corrected chi connectivity index (χ1v) is 8.94. The van der Waals surface area contributed by atoms with Gasteiger partial charge in [-0.1, -0.05) is 18.2 Å². The summed E-state index contributed by atoms with van der Waals surface area (Å²) in [6.07, 6.45) is 1.44. The molecule has 2 amide bonds. The van der Waals surface area contributed by atoms with Crippen molar-refractivity contribution in [3.05, 3.63) is 60.0 Å². The third-order valence-corrected chi connectivity index (χ3v) is 4.32. The molecule has 0 unspecified atom stereocenters. The van der Waals surface area contributed by atoms with Crippen LogP contribution in [0.5, 0.6) is 0 Å². The molecule has 0 aliphatic carbocycles. The van der Waals surface area contributed by atoms with Crippen molar-refractivity contribution >= 4 is 28.4 Å². The molecule has 0 fully saturated rings. The van der Waals surface area contributed by atoms with Gasteiger partial charge in [-0.05, 0) is 45.0 Å². The highest BCUT2D eigenvalue weighted by molar-refractivity contribution is 6.07. The van der Waals surface area contributed by atoms with E-state index in [-0.39, 0.29) is 11.6 Å². The topological polar surface area (TPSA) is 99.8 Å². The predicted molar refractivity (Wildman–Crippen MR) is 107 cm³/mol. The molecule has 1 aromatic carbocycles. The van der Waals surface area contributed by atoms with Crippen LogP contribution >= 0.6 is 0 Å². The van der Waals surface area contributed by atoms with Crippen LogP contribution in [0.25, 0.3) is 10.9 Å². The minimum absolute atomic E-state index is 0.122. The lowest BCUT2D eigenvalue weighted by molar-refractivity contribution is 0.0923. The van der Waals surface area contributed by atoms with Gasteiger partial charge in [0.1, 0.15) is 16.9 Å². The predicted octanol–water partition coefficient (Wildman–Crippen LogP) is 3.34. The number of benzene rings is 1. The summed E-state index contributed by atoms with van der Waals surface area (Å²) in [6.45, 7) is 5.83. The van der Waals surface area contributed by atoms with Crippen LogP contribution in [-0.2, 0) is 6.54 Å². The molecule has 2 heterocycles. The number of rotatable bonds is 5. The standard InChI is InChI=1S/C21H21N5O2/c1-4-26-17-8-6-5-7-14(17)11-18(26)20(28)24-15-9-10-23-16(12-15)19(27)25-21(2,3)13-22/h5-12H,4H2,1-3H3,(H,25,27)(H,23,24,28). The molecule has 7 nitrogen and oxygen atoms in total. The molecule has 0 spiro atoms. The van der Waals surface area contributed by atoms with Crippen LogP contribution in [0.3, 0.4) is 0 Å². The maximum absolute atomic E-state index is 12.8.